The molecule has 1 aliphatic rings. The third kappa shape index (κ3) is 2.30. The molecule has 0 N–H and O–H groups in total. The predicted molar refractivity (Wildman–Crippen MR) is 48.5 cm³/mol. The van der Waals surface area contributed by atoms with Crippen LogP contribution in [0.4, 0.5) is 0 Å². The van der Waals surface area contributed by atoms with Crippen LogP contribution in [0.5, 0.6) is 0 Å². The summed E-state index contributed by atoms with van der Waals surface area (Å²) in [6.07, 6.45) is 0.393. The zero-order valence-electron chi connectivity index (χ0n) is 6.59. The van der Waals surface area contributed by atoms with Crippen molar-refractivity contribution in [2.75, 3.05) is 4.43 Å². The van der Waals surface area contributed by atoms with E-state index in [1.165, 1.54) is 0 Å². The van der Waals surface area contributed by atoms with Gasteiger partial charge in [0.15, 0.2) is 6.10 Å². The summed E-state index contributed by atoms with van der Waals surface area (Å²) in [4.78, 5) is 11.0. The van der Waals surface area contributed by atoms with Crippen molar-refractivity contribution >= 4 is 28.6 Å². The smallest absolute Gasteiger partial charge is 0.337 e. The summed E-state index contributed by atoms with van der Waals surface area (Å²) in [6.45, 7) is 3.50. The number of alkyl halides is 1. The van der Waals surface area contributed by atoms with Crippen molar-refractivity contribution < 1.29 is 14.3 Å². The number of hydrogen-bond donors (Lipinski definition) is 0. The molecular weight excluding hydrogens is 259 g/mol. The van der Waals surface area contributed by atoms with Gasteiger partial charge in [0.2, 0.25) is 5.79 Å². The van der Waals surface area contributed by atoms with Crippen LogP contribution in [0.1, 0.15) is 20.3 Å². The van der Waals surface area contributed by atoms with E-state index in [4.69, 9.17) is 9.47 Å². The van der Waals surface area contributed by atoms with E-state index in [0.29, 0.717) is 0 Å². The molecule has 0 aromatic heterocycles. The fourth-order valence-electron chi connectivity index (χ4n) is 0.999. The maximum Gasteiger partial charge on any atom is 0.337 e. The highest BCUT2D eigenvalue weighted by molar-refractivity contribution is 14.1. The highest BCUT2D eigenvalue weighted by Gasteiger charge is 2.40. The summed E-state index contributed by atoms with van der Waals surface area (Å²) in [5, 5.41) is 0. The van der Waals surface area contributed by atoms with Crippen LogP contribution in [-0.2, 0) is 14.3 Å². The zero-order chi connectivity index (χ0) is 8.48. The molecule has 11 heavy (non-hydrogen) atoms. The molecule has 64 valence electrons. The van der Waals surface area contributed by atoms with Crippen LogP contribution in [0.25, 0.3) is 0 Å². The number of carbonyl (C=O) groups excluding carboxylic acids is 1. The molecule has 0 spiro atoms. The molecule has 1 saturated heterocycles. The van der Waals surface area contributed by atoms with Gasteiger partial charge in [0, 0.05) is 18.3 Å². The molecule has 4 heteroatoms. The van der Waals surface area contributed by atoms with Crippen molar-refractivity contribution in [2.45, 2.75) is 32.2 Å². The molecule has 0 unspecified atom stereocenters. The first-order chi connectivity index (χ1) is 5.05. The van der Waals surface area contributed by atoms with Crippen LogP contribution in [0.15, 0.2) is 0 Å². The molecule has 0 amide bonds. The molecule has 0 radical (unpaired) electrons. The molecule has 1 rings (SSSR count). The lowest BCUT2D eigenvalue weighted by atomic mass is 10.3. The van der Waals surface area contributed by atoms with Crippen molar-refractivity contribution in [1.29, 1.82) is 0 Å². The number of ether oxygens (including phenoxy) is 2. The number of esters is 1. The normalized spacial score (nSPS) is 28.6. The van der Waals surface area contributed by atoms with Gasteiger partial charge in [0.1, 0.15) is 0 Å². The van der Waals surface area contributed by atoms with Crippen LogP contribution in [0.2, 0.25) is 0 Å². The van der Waals surface area contributed by atoms with Crippen molar-refractivity contribution in [2.24, 2.45) is 0 Å². The Balaban J connectivity index is 2.52. The standard InChI is InChI=1S/C7H11IO3/c1-7(2)10-5(3-4-8)6(9)11-7/h5H,3-4H2,1-2H3/t5-/m0/s1. The van der Waals surface area contributed by atoms with Crippen molar-refractivity contribution in [3.8, 4) is 0 Å². The Bertz CT molecular complexity index is 167. The number of cyclic esters (lactones) is 1. The van der Waals surface area contributed by atoms with E-state index in [1.807, 2.05) is 0 Å². The Kier molecular flexibility index (Phi) is 2.74. The minimum absolute atomic E-state index is 0.230. The van der Waals surface area contributed by atoms with Crippen LogP contribution >= 0.6 is 22.6 Å². The number of rotatable bonds is 2. The predicted octanol–water partition coefficient (Wildman–Crippen LogP) is 1.49. The lowest BCUT2D eigenvalue weighted by Crippen LogP contribution is -2.21. The fraction of sp³-hybridized carbons (Fsp3) is 0.857. The molecule has 1 heterocycles. The average molecular weight is 270 g/mol. The third-order valence-corrected chi connectivity index (χ3v) is 2.03. The summed E-state index contributed by atoms with van der Waals surface area (Å²) in [6, 6.07) is 0. The zero-order valence-corrected chi connectivity index (χ0v) is 8.75. The lowest BCUT2D eigenvalue weighted by molar-refractivity contribution is -0.160. The van der Waals surface area contributed by atoms with Crippen molar-refractivity contribution in [3.63, 3.8) is 0 Å². The Morgan fingerprint density at radius 1 is 1.64 bits per heavy atom. The van der Waals surface area contributed by atoms with Crippen molar-refractivity contribution in [3.05, 3.63) is 0 Å². The van der Waals surface area contributed by atoms with Gasteiger partial charge < -0.3 is 9.47 Å². The molecule has 0 saturated carbocycles. The van der Waals surface area contributed by atoms with E-state index in [1.54, 1.807) is 13.8 Å². The lowest BCUT2D eigenvalue weighted by Gasteiger charge is -2.14. The van der Waals surface area contributed by atoms with Gasteiger partial charge in [-0.25, -0.2) is 4.79 Å². The molecule has 0 bridgehead atoms. The van der Waals surface area contributed by atoms with Gasteiger partial charge in [-0.2, -0.15) is 0 Å². The average Bonchev–Trinajstić information content (AvgIpc) is 2.07. The van der Waals surface area contributed by atoms with Crippen LogP contribution < -0.4 is 0 Å². The maximum atomic E-state index is 11.0. The van der Waals surface area contributed by atoms with Gasteiger partial charge in [0.05, 0.1) is 0 Å². The summed E-state index contributed by atoms with van der Waals surface area (Å²) >= 11 is 2.21. The molecular formula is C7H11IO3. The molecule has 1 atom stereocenters. The van der Waals surface area contributed by atoms with Gasteiger partial charge >= 0.3 is 5.97 Å². The SMILES string of the molecule is CC1(C)OC(=O)[C@H](CCI)O1. The van der Waals surface area contributed by atoms with Crippen molar-refractivity contribution in [1.82, 2.24) is 0 Å². The summed E-state index contributed by atoms with van der Waals surface area (Å²) in [5.41, 5.74) is 0. The topological polar surface area (TPSA) is 35.5 Å². The van der Waals surface area contributed by atoms with Gasteiger partial charge in [-0.15, -0.1) is 0 Å². The second-order valence-corrected chi connectivity index (χ2v) is 3.98. The maximum absolute atomic E-state index is 11.0. The van der Waals surface area contributed by atoms with Gasteiger partial charge in [0.25, 0.3) is 0 Å². The van der Waals surface area contributed by atoms with E-state index in [9.17, 15) is 4.79 Å². The first-order valence-electron chi connectivity index (χ1n) is 3.52. The Morgan fingerprint density at radius 3 is 2.64 bits per heavy atom. The first kappa shape index (κ1) is 9.25. The Hall–Kier alpha value is 0.160. The number of halogens is 1. The molecule has 0 aliphatic carbocycles. The molecule has 3 nitrogen and oxygen atoms in total. The van der Waals surface area contributed by atoms with E-state index in [2.05, 4.69) is 22.6 Å². The second kappa shape index (κ2) is 3.26. The minimum Gasteiger partial charge on any atom is -0.432 e. The first-order valence-corrected chi connectivity index (χ1v) is 5.04. The van der Waals surface area contributed by atoms with Crippen LogP contribution in [0, 0.1) is 0 Å². The molecule has 1 fully saturated rings. The molecule has 1 aliphatic heterocycles. The summed E-state index contributed by atoms with van der Waals surface area (Å²) < 4.78 is 11.2. The number of carbonyl (C=O) groups is 1. The number of hydrogen-bond acceptors (Lipinski definition) is 3. The van der Waals surface area contributed by atoms with E-state index in [0.717, 1.165) is 10.8 Å². The molecule has 0 aromatic carbocycles. The van der Waals surface area contributed by atoms with Crippen LogP contribution in [0.3, 0.4) is 0 Å². The summed E-state index contributed by atoms with van der Waals surface area (Å²) in [5.74, 6) is -0.945. The van der Waals surface area contributed by atoms with Gasteiger partial charge in [-0.1, -0.05) is 22.6 Å². The van der Waals surface area contributed by atoms with Gasteiger partial charge in [-0.05, 0) is 6.42 Å². The monoisotopic (exact) mass is 270 g/mol. The molecule has 0 aromatic rings. The Morgan fingerprint density at radius 2 is 2.27 bits per heavy atom. The summed E-state index contributed by atoms with van der Waals surface area (Å²) in [7, 11) is 0. The van der Waals surface area contributed by atoms with E-state index >= 15 is 0 Å². The third-order valence-electron chi connectivity index (χ3n) is 1.41. The van der Waals surface area contributed by atoms with E-state index < -0.39 is 5.79 Å². The quantitative estimate of drug-likeness (QED) is 0.433. The highest BCUT2D eigenvalue weighted by atomic mass is 127. The van der Waals surface area contributed by atoms with Crippen LogP contribution in [-0.4, -0.2) is 22.3 Å². The Labute approximate surface area is 79.6 Å². The highest BCUT2D eigenvalue weighted by Crippen LogP contribution is 2.25. The fourth-order valence-corrected chi connectivity index (χ4v) is 1.56. The van der Waals surface area contributed by atoms with E-state index in [-0.39, 0.29) is 12.1 Å². The largest absolute Gasteiger partial charge is 0.432 e. The van der Waals surface area contributed by atoms with Gasteiger partial charge in [-0.3, -0.25) is 0 Å². The second-order valence-electron chi connectivity index (χ2n) is 2.91. The minimum atomic E-state index is -0.715.